The fourth-order valence-corrected chi connectivity index (χ4v) is 0.743. The molecule has 1 heterocycles. The van der Waals surface area contributed by atoms with Crippen molar-refractivity contribution in [2.24, 2.45) is 0 Å². The maximum absolute atomic E-state index is 8.77. The monoisotopic (exact) mass is 120 g/mol. The minimum absolute atomic E-state index is 0.125. The molecule has 0 unspecified atom stereocenters. The topological polar surface area (TPSA) is 34.3 Å². The first-order chi connectivity index (χ1) is 3.30. The molecule has 2 nitrogen and oxygen atoms in total. The smallest absolute Gasteiger partial charge is 0.0857 e. The Hall–Kier alpha value is 0.210. The molecule has 0 aromatic rings. The van der Waals surface area contributed by atoms with Crippen LogP contribution in [0, 0.1) is 0 Å². The molecule has 0 aromatic heterocycles. The summed E-state index contributed by atoms with van der Waals surface area (Å²) in [5, 5.41) is 12.5. The van der Waals surface area contributed by atoms with Crippen LogP contribution in [-0.4, -0.2) is 29.7 Å². The van der Waals surface area contributed by atoms with Gasteiger partial charge < -0.3 is 5.11 Å². The van der Waals surface area contributed by atoms with Gasteiger partial charge in [-0.15, -0.1) is 11.6 Å². The first kappa shape index (κ1) is 5.35. The molecule has 0 aliphatic carbocycles. The number of nitrogens with zero attached hydrogens (tertiary/aromatic N) is 1. The second-order valence-corrected chi connectivity index (χ2v) is 2.23. The zero-order valence-electron chi connectivity index (χ0n) is 3.84. The number of hydrogen-bond donors (Lipinski definition) is 1. The third-order valence-electron chi connectivity index (χ3n) is 1.04. The van der Waals surface area contributed by atoms with Crippen molar-refractivity contribution in [2.45, 2.75) is 11.5 Å². The van der Waals surface area contributed by atoms with Crippen LogP contribution in [0.15, 0.2) is 0 Å². The molecule has 1 aliphatic heterocycles. The molecular formula is C4H7ClNO. The standard InChI is InChI=1S/C4H7ClNO/c5-3-1-6-2-4(3)7/h3-4,7H,1-2H2/t3-,4-/m1/s1. The molecule has 0 spiro atoms. The van der Waals surface area contributed by atoms with Crippen molar-refractivity contribution in [2.75, 3.05) is 13.1 Å². The Bertz CT molecular complexity index is 60.7. The van der Waals surface area contributed by atoms with E-state index >= 15 is 0 Å². The summed E-state index contributed by atoms with van der Waals surface area (Å²) >= 11 is 5.52. The lowest BCUT2D eigenvalue weighted by Gasteiger charge is -1.99. The highest BCUT2D eigenvalue weighted by molar-refractivity contribution is 6.21. The van der Waals surface area contributed by atoms with E-state index in [0.29, 0.717) is 13.1 Å². The van der Waals surface area contributed by atoms with Gasteiger partial charge in [-0.1, -0.05) is 0 Å². The normalized spacial score (nSPS) is 42.0. The van der Waals surface area contributed by atoms with Gasteiger partial charge in [-0.05, 0) is 0 Å². The number of halogens is 1. The summed E-state index contributed by atoms with van der Waals surface area (Å²) in [5.41, 5.74) is 0. The minimum Gasteiger partial charge on any atom is -0.390 e. The van der Waals surface area contributed by atoms with E-state index < -0.39 is 0 Å². The lowest BCUT2D eigenvalue weighted by molar-refractivity contribution is 0.199. The maximum atomic E-state index is 8.77. The lowest BCUT2D eigenvalue weighted by atomic mass is 10.3. The number of rotatable bonds is 0. The van der Waals surface area contributed by atoms with Crippen molar-refractivity contribution in [1.82, 2.24) is 5.32 Å². The number of alkyl halides is 1. The summed E-state index contributed by atoms with van der Waals surface area (Å²) in [4.78, 5) is 0. The van der Waals surface area contributed by atoms with Crippen LogP contribution in [0.5, 0.6) is 0 Å². The van der Waals surface area contributed by atoms with Crippen LogP contribution in [0.2, 0.25) is 0 Å². The zero-order valence-corrected chi connectivity index (χ0v) is 4.60. The molecule has 0 saturated carbocycles. The molecule has 1 N–H and O–H groups in total. The second-order valence-electron chi connectivity index (χ2n) is 1.67. The lowest BCUT2D eigenvalue weighted by Crippen LogP contribution is -2.16. The van der Waals surface area contributed by atoms with Crippen LogP contribution in [0.1, 0.15) is 0 Å². The Labute approximate surface area is 47.5 Å². The zero-order chi connectivity index (χ0) is 5.28. The van der Waals surface area contributed by atoms with Gasteiger partial charge in [-0.2, -0.15) is 0 Å². The largest absolute Gasteiger partial charge is 0.390 e. The summed E-state index contributed by atoms with van der Waals surface area (Å²) < 4.78 is 0. The highest BCUT2D eigenvalue weighted by Gasteiger charge is 2.22. The summed E-state index contributed by atoms with van der Waals surface area (Å²) in [6, 6.07) is 0. The fourth-order valence-electron chi connectivity index (χ4n) is 0.566. The maximum Gasteiger partial charge on any atom is 0.0857 e. The average Bonchev–Trinajstić information content (AvgIpc) is 1.91. The Kier molecular flexibility index (Phi) is 1.52. The molecule has 1 fully saturated rings. The molecule has 3 heteroatoms. The van der Waals surface area contributed by atoms with Crippen molar-refractivity contribution in [3.63, 3.8) is 0 Å². The van der Waals surface area contributed by atoms with Crippen molar-refractivity contribution < 1.29 is 5.11 Å². The van der Waals surface area contributed by atoms with Crippen molar-refractivity contribution in [3.8, 4) is 0 Å². The van der Waals surface area contributed by atoms with Crippen molar-refractivity contribution >= 4 is 11.6 Å². The molecule has 0 bridgehead atoms. The van der Waals surface area contributed by atoms with Crippen LogP contribution in [0.4, 0.5) is 0 Å². The van der Waals surface area contributed by atoms with Crippen LogP contribution in [0.3, 0.4) is 0 Å². The predicted molar refractivity (Wildman–Crippen MR) is 27.5 cm³/mol. The van der Waals surface area contributed by atoms with E-state index in [9.17, 15) is 0 Å². The van der Waals surface area contributed by atoms with Gasteiger partial charge in [0.2, 0.25) is 0 Å². The van der Waals surface area contributed by atoms with Gasteiger partial charge in [0.25, 0.3) is 0 Å². The molecular weight excluding hydrogens is 114 g/mol. The van der Waals surface area contributed by atoms with Crippen LogP contribution in [-0.2, 0) is 0 Å². The van der Waals surface area contributed by atoms with E-state index in [2.05, 4.69) is 5.32 Å². The van der Waals surface area contributed by atoms with Gasteiger partial charge >= 0.3 is 0 Å². The number of hydrogen-bond acceptors (Lipinski definition) is 1. The quantitative estimate of drug-likeness (QED) is 0.433. The SMILES string of the molecule is O[C@@H]1C[N]C[C@H]1Cl. The van der Waals surface area contributed by atoms with E-state index in [1.807, 2.05) is 0 Å². The van der Waals surface area contributed by atoms with Crippen molar-refractivity contribution in [1.29, 1.82) is 0 Å². The summed E-state index contributed by atoms with van der Waals surface area (Å²) in [7, 11) is 0. The second kappa shape index (κ2) is 1.99. The highest BCUT2D eigenvalue weighted by Crippen LogP contribution is 2.06. The fraction of sp³-hybridized carbons (Fsp3) is 1.00. The predicted octanol–water partition coefficient (Wildman–Crippen LogP) is -0.427. The number of aliphatic hydroxyl groups excluding tert-OH is 1. The van der Waals surface area contributed by atoms with Gasteiger partial charge in [-0.3, -0.25) is 0 Å². The molecule has 0 amide bonds. The summed E-state index contributed by atoms with van der Waals surface area (Å²) in [6.45, 7) is 1.14. The summed E-state index contributed by atoms with van der Waals surface area (Å²) in [6.07, 6.45) is -0.387. The van der Waals surface area contributed by atoms with Gasteiger partial charge in [0.1, 0.15) is 0 Å². The number of aliphatic hydroxyl groups is 1. The Balaban J connectivity index is 2.33. The van der Waals surface area contributed by atoms with Gasteiger partial charge in [-0.25, -0.2) is 5.32 Å². The molecule has 7 heavy (non-hydrogen) atoms. The van der Waals surface area contributed by atoms with Gasteiger partial charge in [0, 0.05) is 13.1 Å². The van der Waals surface area contributed by atoms with Crippen molar-refractivity contribution in [3.05, 3.63) is 0 Å². The highest BCUT2D eigenvalue weighted by atomic mass is 35.5. The van der Waals surface area contributed by atoms with E-state index in [-0.39, 0.29) is 11.5 Å². The first-order valence-electron chi connectivity index (χ1n) is 2.26. The van der Waals surface area contributed by atoms with E-state index in [1.165, 1.54) is 0 Å². The van der Waals surface area contributed by atoms with Gasteiger partial charge in [0.05, 0.1) is 11.5 Å². The average molecular weight is 121 g/mol. The Morgan fingerprint density at radius 3 is 2.43 bits per heavy atom. The molecule has 2 atom stereocenters. The Morgan fingerprint density at radius 2 is 2.29 bits per heavy atom. The molecule has 1 aliphatic rings. The van der Waals surface area contributed by atoms with E-state index in [1.54, 1.807) is 0 Å². The molecule has 41 valence electrons. The minimum atomic E-state index is -0.387. The molecule has 1 saturated heterocycles. The van der Waals surface area contributed by atoms with E-state index in [0.717, 1.165) is 0 Å². The summed E-state index contributed by atoms with van der Waals surface area (Å²) in [5.74, 6) is 0. The molecule has 0 aromatic carbocycles. The first-order valence-corrected chi connectivity index (χ1v) is 2.70. The van der Waals surface area contributed by atoms with Crippen LogP contribution in [0.25, 0.3) is 0 Å². The third-order valence-corrected chi connectivity index (χ3v) is 1.47. The third kappa shape index (κ3) is 1.06. The molecule has 1 radical (unpaired) electrons. The van der Waals surface area contributed by atoms with Crippen LogP contribution < -0.4 is 5.32 Å². The molecule has 1 rings (SSSR count). The Morgan fingerprint density at radius 1 is 1.57 bits per heavy atom. The van der Waals surface area contributed by atoms with Crippen LogP contribution >= 0.6 is 11.6 Å². The van der Waals surface area contributed by atoms with E-state index in [4.69, 9.17) is 16.7 Å². The van der Waals surface area contributed by atoms with Gasteiger partial charge in [0.15, 0.2) is 0 Å².